The van der Waals surface area contributed by atoms with Crippen LogP contribution in [0.4, 0.5) is 0 Å². The highest BCUT2D eigenvalue weighted by Crippen LogP contribution is 2.03. The van der Waals surface area contributed by atoms with Crippen LogP contribution in [-0.4, -0.2) is 30.3 Å². The summed E-state index contributed by atoms with van der Waals surface area (Å²) in [5, 5.41) is 0. The first-order valence-electron chi connectivity index (χ1n) is 5.58. The number of hydrogen-bond donors (Lipinski definition) is 0. The molecule has 16 heavy (non-hydrogen) atoms. The van der Waals surface area contributed by atoms with E-state index < -0.39 is 0 Å². The van der Waals surface area contributed by atoms with Gasteiger partial charge < -0.3 is 4.90 Å². The molecule has 0 bridgehead atoms. The van der Waals surface area contributed by atoms with Crippen molar-refractivity contribution in [2.75, 3.05) is 19.5 Å². The molecule has 0 N–H and O–H groups in total. The van der Waals surface area contributed by atoms with Crippen LogP contribution in [0.3, 0.4) is 0 Å². The lowest BCUT2D eigenvalue weighted by atomic mass is 10.1. The van der Waals surface area contributed by atoms with Gasteiger partial charge in [-0.05, 0) is 18.4 Å². The molecular weight excluding hydrogens is 222 g/mol. The second kappa shape index (κ2) is 7.29. The summed E-state index contributed by atoms with van der Waals surface area (Å²) < 4.78 is 0. The lowest BCUT2D eigenvalue weighted by molar-refractivity contribution is -0.129. The van der Waals surface area contributed by atoms with E-state index in [9.17, 15) is 4.79 Å². The van der Waals surface area contributed by atoms with Crippen LogP contribution in [0.15, 0.2) is 30.3 Å². The third kappa shape index (κ3) is 4.67. The molecule has 1 amide bonds. The predicted molar refractivity (Wildman–Crippen MR) is 67.7 cm³/mol. The van der Waals surface area contributed by atoms with Gasteiger partial charge in [0.25, 0.3) is 0 Å². The van der Waals surface area contributed by atoms with Crippen molar-refractivity contribution >= 4 is 17.5 Å². The predicted octanol–water partition coefficient (Wildman–Crippen LogP) is 2.71. The van der Waals surface area contributed by atoms with Gasteiger partial charge in [-0.25, -0.2) is 0 Å². The Bertz CT molecular complexity index is 313. The highest BCUT2D eigenvalue weighted by molar-refractivity contribution is 6.18. The lowest BCUT2D eigenvalue weighted by Gasteiger charge is -2.16. The fourth-order valence-electron chi connectivity index (χ4n) is 1.56. The first-order valence-corrected chi connectivity index (χ1v) is 6.11. The van der Waals surface area contributed by atoms with E-state index in [4.69, 9.17) is 11.6 Å². The molecule has 0 heterocycles. The Morgan fingerprint density at radius 2 is 2.00 bits per heavy atom. The quantitative estimate of drug-likeness (QED) is 0.699. The molecule has 0 fully saturated rings. The number of amides is 1. The van der Waals surface area contributed by atoms with Gasteiger partial charge in [0.1, 0.15) is 0 Å². The van der Waals surface area contributed by atoms with Crippen molar-refractivity contribution in [1.82, 2.24) is 4.90 Å². The van der Waals surface area contributed by atoms with Crippen LogP contribution in [0.2, 0.25) is 0 Å². The third-order valence-corrected chi connectivity index (χ3v) is 2.72. The van der Waals surface area contributed by atoms with Crippen LogP contribution in [0, 0.1) is 0 Å². The third-order valence-electron chi connectivity index (χ3n) is 2.54. The smallest absolute Gasteiger partial charge is 0.223 e. The Labute approximate surface area is 102 Å². The fourth-order valence-corrected chi connectivity index (χ4v) is 1.72. The molecule has 0 atom stereocenters. The molecular formula is C13H18ClNO. The number of carbonyl (C=O) groups is 1. The van der Waals surface area contributed by atoms with Gasteiger partial charge in [-0.1, -0.05) is 30.3 Å². The molecule has 1 aromatic rings. The standard InChI is InChI=1S/C13H18ClNO/c1-15(13(16)9-10-14)11-5-8-12-6-3-2-4-7-12/h2-4,6-7H,5,8-11H2,1H3. The van der Waals surface area contributed by atoms with Crippen molar-refractivity contribution in [2.45, 2.75) is 19.3 Å². The topological polar surface area (TPSA) is 20.3 Å². The van der Waals surface area contributed by atoms with Gasteiger partial charge >= 0.3 is 0 Å². The van der Waals surface area contributed by atoms with Gasteiger partial charge in [0.05, 0.1) is 0 Å². The molecule has 2 nitrogen and oxygen atoms in total. The first-order chi connectivity index (χ1) is 7.74. The van der Waals surface area contributed by atoms with E-state index in [0.717, 1.165) is 19.4 Å². The molecule has 0 unspecified atom stereocenters. The van der Waals surface area contributed by atoms with Gasteiger partial charge in [0.2, 0.25) is 5.91 Å². The minimum absolute atomic E-state index is 0.128. The van der Waals surface area contributed by atoms with Crippen LogP contribution in [0.25, 0.3) is 0 Å². The Hall–Kier alpha value is -1.02. The van der Waals surface area contributed by atoms with E-state index in [1.807, 2.05) is 25.2 Å². The number of benzene rings is 1. The monoisotopic (exact) mass is 239 g/mol. The summed E-state index contributed by atoms with van der Waals surface area (Å²) in [6.45, 7) is 0.796. The van der Waals surface area contributed by atoms with Gasteiger partial charge in [-0.3, -0.25) is 4.79 Å². The van der Waals surface area contributed by atoms with Crippen molar-refractivity contribution in [3.8, 4) is 0 Å². The number of rotatable bonds is 6. The Morgan fingerprint density at radius 1 is 1.31 bits per heavy atom. The second-order valence-electron chi connectivity index (χ2n) is 3.84. The average molecular weight is 240 g/mol. The molecule has 0 saturated heterocycles. The average Bonchev–Trinajstić information content (AvgIpc) is 2.30. The zero-order valence-corrected chi connectivity index (χ0v) is 10.4. The van der Waals surface area contributed by atoms with Gasteiger partial charge in [0.15, 0.2) is 0 Å². The highest BCUT2D eigenvalue weighted by Gasteiger charge is 2.06. The molecule has 1 aromatic carbocycles. The van der Waals surface area contributed by atoms with Crippen molar-refractivity contribution in [2.24, 2.45) is 0 Å². The summed E-state index contributed by atoms with van der Waals surface area (Å²) in [7, 11) is 1.83. The molecule has 0 saturated carbocycles. The zero-order valence-electron chi connectivity index (χ0n) is 9.66. The van der Waals surface area contributed by atoms with Crippen LogP contribution in [-0.2, 0) is 11.2 Å². The molecule has 0 radical (unpaired) electrons. The number of aryl methyl sites for hydroxylation is 1. The molecule has 0 spiro atoms. The van der Waals surface area contributed by atoms with Gasteiger partial charge in [-0.2, -0.15) is 0 Å². The number of alkyl halides is 1. The minimum atomic E-state index is 0.128. The first kappa shape index (κ1) is 13.0. The van der Waals surface area contributed by atoms with E-state index in [1.54, 1.807) is 4.90 Å². The summed E-state index contributed by atoms with van der Waals surface area (Å²) in [4.78, 5) is 13.2. The van der Waals surface area contributed by atoms with E-state index in [1.165, 1.54) is 5.56 Å². The van der Waals surface area contributed by atoms with E-state index >= 15 is 0 Å². The summed E-state index contributed by atoms with van der Waals surface area (Å²) >= 11 is 5.52. The summed E-state index contributed by atoms with van der Waals surface area (Å²) in [6, 6.07) is 10.3. The van der Waals surface area contributed by atoms with Crippen LogP contribution in [0.1, 0.15) is 18.4 Å². The summed E-state index contributed by atoms with van der Waals surface area (Å²) in [5.41, 5.74) is 1.32. The maximum Gasteiger partial charge on any atom is 0.223 e. The molecule has 0 aliphatic heterocycles. The normalized spacial score (nSPS) is 10.1. The molecule has 0 aromatic heterocycles. The van der Waals surface area contributed by atoms with Crippen LogP contribution < -0.4 is 0 Å². The highest BCUT2D eigenvalue weighted by atomic mass is 35.5. The molecule has 1 rings (SSSR count). The molecule has 0 aliphatic rings. The molecule has 3 heteroatoms. The second-order valence-corrected chi connectivity index (χ2v) is 4.22. The zero-order chi connectivity index (χ0) is 11.8. The Kier molecular flexibility index (Phi) is 5.94. The maximum absolute atomic E-state index is 11.4. The van der Waals surface area contributed by atoms with Crippen molar-refractivity contribution in [3.63, 3.8) is 0 Å². The van der Waals surface area contributed by atoms with Gasteiger partial charge in [-0.15, -0.1) is 11.6 Å². The molecule has 0 aliphatic carbocycles. The van der Waals surface area contributed by atoms with Crippen LogP contribution in [0.5, 0.6) is 0 Å². The Balaban J connectivity index is 2.23. The SMILES string of the molecule is CN(CCCc1ccccc1)C(=O)CCCl. The number of halogens is 1. The van der Waals surface area contributed by atoms with E-state index in [-0.39, 0.29) is 5.91 Å². The van der Waals surface area contributed by atoms with Gasteiger partial charge in [0, 0.05) is 25.9 Å². The largest absolute Gasteiger partial charge is 0.346 e. The van der Waals surface area contributed by atoms with E-state index in [0.29, 0.717) is 12.3 Å². The fraction of sp³-hybridized carbons (Fsp3) is 0.462. The minimum Gasteiger partial charge on any atom is -0.346 e. The molecule has 88 valence electrons. The lowest BCUT2D eigenvalue weighted by Crippen LogP contribution is -2.28. The maximum atomic E-state index is 11.4. The van der Waals surface area contributed by atoms with E-state index in [2.05, 4.69) is 12.1 Å². The Morgan fingerprint density at radius 3 is 2.62 bits per heavy atom. The number of carbonyl (C=O) groups excluding carboxylic acids is 1. The number of hydrogen-bond acceptors (Lipinski definition) is 1. The van der Waals surface area contributed by atoms with Crippen molar-refractivity contribution < 1.29 is 4.79 Å². The summed E-state index contributed by atoms with van der Waals surface area (Å²) in [6.07, 6.45) is 2.44. The number of nitrogens with zero attached hydrogens (tertiary/aromatic N) is 1. The van der Waals surface area contributed by atoms with Crippen molar-refractivity contribution in [3.05, 3.63) is 35.9 Å². The van der Waals surface area contributed by atoms with Crippen molar-refractivity contribution in [1.29, 1.82) is 0 Å². The summed E-state index contributed by atoms with van der Waals surface area (Å²) in [5.74, 6) is 0.532. The van der Waals surface area contributed by atoms with Crippen LogP contribution >= 0.6 is 11.6 Å².